The van der Waals surface area contributed by atoms with Crippen molar-refractivity contribution in [3.05, 3.63) is 64.0 Å². The minimum absolute atomic E-state index is 0.148. The maximum absolute atomic E-state index is 13.4. The van der Waals surface area contributed by atoms with Gasteiger partial charge in [-0.3, -0.25) is 14.9 Å². The summed E-state index contributed by atoms with van der Waals surface area (Å²) in [7, 11) is 0. The fourth-order valence-corrected chi connectivity index (χ4v) is 1.62. The van der Waals surface area contributed by atoms with E-state index in [1.54, 1.807) is 0 Å². The van der Waals surface area contributed by atoms with Crippen LogP contribution in [0.1, 0.15) is 0 Å². The van der Waals surface area contributed by atoms with E-state index in [9.17, 15) is 28.1 Å². The maximum atomic E-state index is 13.4. The van der Waals surface area contributed by atoms with Gasteiger partial charge in [-0.1, -0.05) is 0 Å². The second kappa shape index (κ2) is 6.77. The molecule has 1 N–H and O–H groups in total. The Morgan fingerprint density at radius 1 is 1.09 bits per heavy atom. The summed E-state index contributed by atoms with van der Waals surface area (Å²) in [6, 6.07) is 6.47. The highest BCUT2D eigenvalue weighted by Gasteiger charge is 2.15. The molecule has 0 fully saturated rings. The lowest BCUT2D eigenvalue weighted by atomic mass is 10.3. The predicted molar refractivity (Wildman–Crippen MR) is 73.5 cm³/mol. The van der Waals surface area contributed by atoms with Crippen molar-refractivity contribution in [3.8, 4) is 5.75 Å². The summed E-state index contributed by atoms with van der Waals surface area (Å²) in [5.74, 6) is -5.22. The number of nitrogens with zero attached hydrogens (tertiary/aromatic N) is 1. The largest absolute Gasteiger partial charge is 0.484 e. The number of carbonyl (C=O) groups excluding carboxylic acids is 1. The van der Waals surface area contributed by atoms with E-state index in [1.807, 2.05) is 5.32 Å². The van der Waals surface area contributed by atoms with Gasteiger partial charge in [0.15, 0.2) is 24.1 Å². The Bertz CT molecular complexity index is 750. The number of benzene rings is 2. The number of nitro benzene ring substituents is 1. The molecule has 1 amide bonds. The fraction of sp³-hybridized carbons (Fsp3) is 0.0714. The Morgan fingerprint density at radius 2 is 1.74 bits per heavy atom. The second-order valence-corrected chi connectivity index (χ2v) is 4.31. The molecule has 0 aliphatic rings. The first-order valence-corrected chi connectivity index (χ1v) is 6.19. The van der Waals surface area contributed by atoms with E-state index in [2.05, 4.69) is 0 Å². The van der Waals surface area contributed by atoms with Gasteiger partial charge in [0, 0.05) is 12.1 Å². The molecule has 120 valence electrons. The fourth-order valence-electron chi connectivity index (χ4n) is 1.62. The molecule has 0 saturated heterocycles. The van der Waals surface area contributed by atoms with E-state index in [1.165, 1.54) is 24.3 Å². The van der Waals surface area contributed by atoms with Crippen LogP contribution in [0.25, 0.3) is 0 Å². The van der Waals surface area contributed by atoms with Gasteiger partial charge >= 0.3 is 0 Å². The molecule has 2 aromatic carbocycles. The molecule has 6 nitrogen and oxygen atoms in total. The zero-order chi connectivity index (χ0) is 17.0. The number of amides is 1. The maximum Gasteiger partial charge on any atom is 0.269 e. The number of anilines is 1. The lowest BCUT2D eigenvalue weighted by molar-refractivity contribution is -0.384. The number of hydrogen-bond donors (Lipinski definition) is 1. The third kappa shape index (κ3) is 3.96. The summed E-state index contributed by atoms with van der Waals surface area (Å²) in [5, 5.41) is 12.5. The first kappa shape index (κ1) is 16.3. The van der Waals surface area contributed by atoms with Gasteiger partial charge in [-0.2, -0.15) is 0 Å². The summed E-state index contributed by atoms with van der Waals surface area (Å²) in [6.07, 6.45) is 0. The van der Waals surface area contributed by atoms with Crippen molar-refractivity contribution >= 4 is 17.3 Å². The summed E-state index contributed by atoms with van der Waals surface area (Å²) >= 11 is 0. The van der Waals surface area contributed by atoms with Crippen LogP contribution < -0.4 is 10.1 Å². The minimum atomic E-state index is -1.70. The number of non-ortho nitro benzene ring substituents is 1. The van der Waals surface area contributed by atoms with Gasteiger partial charge in [0.05, 0.1) is 10.6 Å². The Morgan fingerprint density at radius 3 is 2.35 bits per heavy atom. The van der Waals surface area contributed by atoms with E-state index < -0.39 is 40.6 Å². The van der Waals surface area contributed by atoms with Gasteiger partial charge in [-0.15, -0.1) is 0 Å². The minimum Gasteiger partial charge on any atom is -0.484 e. The highest BCUT2D eigenvalue weighted by Crippen LogP contribution is 2.20. The van der Waals surface area contributed by atoms with E-state index in [0.29, 0.717) is 6.07 Å². The quantitative estimate of drug-likeness (QED) is 0.520. The smallest absolute Gasteiger partial charge is 0.269 e. The van der Waals surface area contributed by atoms with Gasteiger partial charge in [0.2, 0.25) is 0 Å². The number of nitrogens with one attached hydrogen (secondary N) is 1. The first-order valence-electron chi connectivity index (χ1n) is 6.19. The normalized spacial score (nSPS) is 10.2. The number of rotatable bonds is 5. The highest BCUT2D eigenvalue weighted by atomic mass is 19.2. The molecule has 2 aromatic rings. The molecule has 0 aliphatic heterocycles. The number of ether oxygens (including phenoxy) is 1. The lowest BCUT2D eigenvalue weighted by Crippen LogP contribution is -2.21. The van der Waals surface area contributed by atoms with Crippen LogP contribution in [0.2, 0.25) is 0 Å². The van der Waals surface area contributed by atoms with Crippen molar-refractivity contribution in [2.45, 2.75) is 0 Å². The number of halogens is 3. The number of hydrogen-bond acceptors (Lipinski definition) is 4. The van der Waals surface area contributed by atoms with Crippen molar-refractivity contribution in [1.29, 1.82) is 0 Å². The predicted octanol–water partition coefficient (Wildman–Crippen LogP) is 3.03. The second-order valence-electron chi connectivity index (χ2n) is 4.31. The average Bonchev–Trinajstić information content (AvgIpc) is 2.54. The van der Waals surface area contributed by atoms with Gasteiger partial charge in [0.25, 0.3) is 11.6 Å². The van der Waals surface area contributed by atoms with Crippen LogP contribution in [0, 0.1) is 27.6 Å². The van der Waals surface area contributed by atoms with Crippen LogP contribution in [0.3, 0.4) is 0 Å². The van der Waals surface area contributed by atoms with Crippen LogP contribution >= 0.6 is 0 Å². The highest BCUT2D eigenvalue weighted by molar-refractivity contribution is 5.92. The zero-order valence-corrected chi connectivity index (χ0v) is 11.4. The summed E-state index contributed by atoms with van der Waals surface area (Å²) in [5.41, 5.74) is -0.674. The van der Waals surface area contributed by atoms with Crippen LogP contribution in [0.5, 0.6) is 5.75 Å². The SMILES string of the molecule is O=C(COc1ccc([N+](=O)[O-])cc1)Nc1ccc(F)c(F)c1F. The molecule has 2 rings (SSSR count). The van der Waals surface area contributed by atoms with E-state index >= 15 is 0 Å². The van der Waals surface area contributed by atoms with Crippen molar-refractivity contribution < 1.29 is 27.6 Å². The van der Waals surface area contributed by atoms with Crippen LogP contribution in [0.15, 0.2) is 36.4 Å². The van der Waals surface area contributed by atoms with Gasteiger partial charge in [0.1, 0.15) is 5.75 Å². The summed E-state index contributed by atoms with van der Waals surface area (Å²) in [4.78, 5) is 21.5. The zero-order valence-electron chi connectivity index (χ0n) is 11.4. The van der Waals surface area contributed by atoms with Gasteiger partial charge < -0.3 is 10.1 Å². The van der Waals surface area contributed by atoms with E-state index in [-0.39, 0.29) is 11.4 Å². The average molecular weight is 326 g/mol. The molecule has 0 atom stereocenters. The van der Waals surface area contributed by atoms with E-state index in [0.717, 1.165) is 6.07 Å². The van der Waals surface area contributed by atoms with Crippen molar-refractivity contribution in [1.82, 2.24) is 0 Å². The van der Waals surface area contributed by atoms with Gasteiger partial charge in [-0.25, -0.2) is 13.2 Å². The number of nitro groups is 1. The molecule has 0 radical (unpaired) electrons. The number of carbonyl (C=O) groups is 1. The van der Waals surface area contributed by atoms with Crippen LogP contribution in [-0.2, 0) is 4.79 Å². The third-order valence-corrected chi connectivity index (χ3v) is 2.73. The van der Waals surface area contributed by atoms with Gasteiger partial charge in [-0.05, 0) is 24.3 Å². The molecule has 0 bridgehead atoms. The van der Waals surface area contributed by atoms with Crippen molar-refractivity contribution in [2.75, 3.05) is 11.9 Å². The molecular formula is C14H9F3N2O4. The van der Waals surface area contributed by atoms with Crippen LogP contribution in [0.4, 0.5) is 24.5 Å². The molecule has 0 aromatic heterocycles. The first-order chi connectivity index (χ1) is 10.9. The van der Waals surface area contributed by atoms with Crippen LogP contribution in [-0.4, -0.2) is 17.4 Å². The lowest BCUT2D eigenvalue weighted by Gasteiger charge is -2.08. The van der Waals surface area contributed by atoms with Crippen molar-refractivity contribution in [3.63, 3.8) is 0 Å². The molecule has 0 spiro atoms. The molecule has 0 heterocycles. The Labute approximate surface area is 127 Å². The molecular weight excluding hydrogens is 317 g/mol. The van der Waals surface area contributed by atoms with E-state index in [4.69, 9.17) is 4.74 Å². The Kier molecular flexibility index (Phi) is 4.79. The molecule has 23 heavy (non-hydrogen) atoms. The summed E-state index contributed by atoms with van der Waals surface area (Å²) < 4.78 is 44.2. The molecule has 0 unspecified atom stereocenters. The Balaban J connectivity index is 1.95. The molecule has 0 aliphatic carbocycles. The third-order valence-electron chi connectivity index (χ3n) is 2.73. The Hall–Kier alpha value is -3.10. The molecule has 9 heteroatoms. The monoisotopic (exact) mass is 326 g/mol. The topological polar surface area (TPSA) is 81.5 Å². The van der Waals surface area contributed by atoms with Crippen molar-refractivity contribution in [2.24, 2.45) is 0 Å². The summed E-state index contributed by atoms with van der Waals surface area (Å²) in [6.45, 7) is -0.545. The molecule has 0 saturated carbocycles. The standard InChI is InChI=1S/C14H9F3N2O4/c15-10-5-6-11(14(17)13(10)16)18-12(20)7-23-9-3-1-8(2-4-9)19(21)22/h1-6H,7H2,(H,18,20).